The summed E-state index contributed by atoms with van der Waals surface area (Å²) in [4.78, 5) is 0. The minimum absolute atomic E-state index is 0.772. The molecule has 0 atom stereocenters. The molecular weight excluding hydrogens is 264 g/mol. The Bertz CT molecular complexity index is 384. The van der Waals surface area contributed by atoms with Crippen LogP contribution in [-0.4, -0.2) is 5.16 Å². The Morgan fingerprint density at radius 1 is 1.57 bits per heavy atom. The van der Waals surface area contributed by atoms with Crippen molar-refractivity contribution >= 4 is 33.1 Å². The Morgan fingerprint density at radius 3 is 3.00 bits per heavy atom. The average Bonchev–Trinajstić information content (AvgIpc) is 2.72. The van der Waals surface area contributed by atoms with Gasteiger partial charge in [-0.3, -0.25) is 0 Å². The van der Waals surface area contributed by atoms with Gasteiger partial charge in [-0.05, 0) is 39.9 Å². The molecule has 0 aliphatic rings. The zero-order chi connectivity index (χ0) is 9.97. The van der Waals surface area contributed by atoms with Crippen molar-refractivity contribution in [3.63, 3.8) is 0 Å². The van der Waals surface area contributed by atoms with E-state index in [9.17, 15) is 0 Å². The quantitative estimate of drug-likeness (QED) is 0.931. The van der Waals surface area contributed by atoms with E-state index in [1.165, 1.54) is 5.56 Å². The third kappa shape index (κ3) is 2.36. The van der Waals surface area contributed by atoms with Gasteiger partial charge in [-0.25, -0.2) is 0 Å². The predicted molar refractivity (Wildman–Crippen MR) is 60.6 cm³/mol. The van der Waals surface area contributed by atoms with Gasteiger partial charge in [-0.2, -0.15) is 0 Å². The summed E-state index contributed by atoms with van der Waals surface area (Å²) in [7, 11) is 0. The Kier molecular flexibility index (Phi) is 2.88. The Balaban J connectivity index is 1.94. The summed E-state index contributed by atoms with van der Waals surface area (Å²) in [5.41, 5.74) is 1.24. The molecule has 2 aromatic rings. The molecule has 0 unspecified atom stereocenters. The monoisotopic (exact) mass is 272 g/mol. The largest absolute Gasteiger partial charge is 0.363 e. The van der Waals surface area contributed by atoms with E-state index in [2.05, 4.69) is 37.8 Å². The molecule has 3 nitrogen and oxygen atoms in total. The van der Waals surface area contributed by atoms with Gasteiger partial charge in [0.25, 0.3) is 0 Å². The highest BCUT2D eigenvalue weighted by molar-refractivity contribution is 9.11. The summed E-state index contributed by atoms with van der Waals surface area (Å²) >= 11 is 5.10. The first-order valence-electron chi connectivity index (χ1n) is 4.14. The van der Waals surface area contributed by atoms with Gasteiger partial charge in [-0.1, -0.05) is 5.16 Å². The molecular formula is C9H9BrN2OS. The summed E-state index contributed by atoms with van der Waals surface area (Å²) in [6, 6.07) is 3.96. The van der Waals surface area contributed by atoms with Crippen LogP contribution in [0.1, 0.15) is 11.3 Å². The van der Waals surface area contributed by atoms with Crippen molar-refractivity contribution in [3.8, 4) is 0 Å². The molecule has 74 valence electrons. The summed E-state index contributed by atoms with van der Waals surface area (Å²) in [6.45, 7) is 2.65. The highest BCUT2D eigenvalue weighted by atomic mass is 79.9. The number of nitrogens with zero attached hydrogens (tertiary/aromatic N) is 1. The second kappa shape index (κ2) is 4.14. The smallest absolute Gasteiger partial charge is 0.169 e. The highest BCUT2D eigenvalue weighted by Gasteiger charge is 2.00. The van der Waals surface area contributed by atoms with E-state index < -0.39 is 0 Å². The van der Waals surface area contributed by atoms with E-state index in [4.69, 9.17) is 4.52 Å². The van der Waals surface area contributed by atoms with Crippen LogP contribution >= 0.6 is 27.3 Å². The minimum Gasteiger partial charge on any atom is -0.363 e. The second-order valence-corrected chi connectivity index (χ2v) is 5.23. The van der Waals surface area contributed by atoms with Crippen molar-refractivity contribution in [1.29, 1.82) is 0 Å². The van der Waals surface area contributed by atoms with Crippen LogP contribution in [0.5, 0.6) is 0 Å². The normalized spacial score (nSPS) is 10.4. The zero-order valence-electron chi connectivity index (χ0n) is 7.58. The number of nitrogens with one attached hydrogen (secondary N) is 1. The van der Waals surface area contributed by atoms with Gasteiger partial charge >= 0.3 is 0 Å². The molecule has 0 bridgehead atoms. The van der Waals surface area contributed by atoms with Crippen LogP contribution < -0.4 is 5.32 Å². The van der Waals surface area contributed by atoms with Gasteiger partial charge in [0.1, 0.15) is 5.76 Å². The maximum Gasteiger partial charge on any atom is 0.169 e. The maximum atomic E-state index is 4.94. The molecule has 0 saturated heterocycles. The average molecular weight is 273 g/mol. The fourth-order valence-corrected chi connectivity index (χ4v) is 2.29. The number of hydrogen-bond acceptors (Lipinski definition) is 4. The number of thiophene rings is 1. The Morgan fingerprint density at radius 2 is 2.43 bits per heavy atom. The summed E-state index contributed by atoms with van der Waals surface area (Å²) in [5.74, 6) is 1.60. The van der Waals surface area contributed by atoms with E-state index in [0.717, 1.165) is 21.9 Å². The van der Waals surface area contributed by atoms with Gasteiger partial charge < -0.3 is 9.84 Å². The highest BCUT2D eigenvalue weighted by Crippen LogP contribution is 2.21. The lowest BCUT2D eigenvalue weighted by molar-refractivity contribution is 0.399. The third-order valence-corrected chi connectivity index (χ3v) is 3.28. The van der Waals surface area contributed by atoms with Gasteiger partial charge in [0, 0.05) is 12.6 Å². The van der Waals surface area contributed by atoms with Crippen LogP contribution in [0.15, 0.2) is 25.8 Å². The molecule has 1 N–H and O–H groups in total. The van der Waals surface area contributed by atoms with Crippen molar-refractivity contribution in [1.82, 2.24) is 5.16 Å². The van der Waals surface area contributed by atoms with Gasteiger partial charge in [0.2, 0.25) is 0 Å². The van der Waals surface area contributed by atoms with Crippen LogP contribution in [0.3, 0.4) is 0 Å². The molecule has 0 spiro atoms. The minimum atomic E-state index is 0.772. The number of rotatable bonds is 3. The maximum absolute atomic E-state index is 4.94. The van der Waals surface area contributed by atoms with Crippen molar-refractivity contribution in [2.75, 3.05) is 5.32 Å². The van der Waals surface area contributed by atoms with Gasteiger partial charge in [-0.15, -0.1) is 11.3 Å². The fraction of sp³-hybridized carbons (Fsp3) is 0.222. The fourth-order valence-electron chi connectivity index (χ4n) is 1.08. The molecule has 0 radical (unpaired) electrons. The molecule has 0 aliphatic heterocycles. The SMILES string of the molecule is Cc1cc(NCc2csc(Br)c2)no1. The van der Waals surface area contributed by atoms with Crippen molar-refractivity contribution < 1.29 is 4.52 Å². The first-order chi connectivity index (χ1) is 6.74. The standard InChI is InChI=1S/C9H9BrN2OS/c1-6-2-9(12-13-6)11-4-7-3-8(10)14-5-7/h2-3,5H,4H2,1H3,(H,11,12). The van der Waals surface area contributed by atoms with E-state index >= 15 is 0 Å². The first kappa shape index (κ1) is 9.73. The Labute approximate surface area is 94.2 Å². The van der Waals surface area contributed by atoms with Gasteiger partial charge in [0.15, 0.2) is 5.82 Å². The molecule has 0 aromatic carbocycles. The van der Waals surface area contributed by atoms with Crippen LogP contribution in [0.2, 0.25) is 0 Å². The lowest BCUT2D eigenvalue weighted by Gasteiger charge is -1.97. The molecule has 5 heteroatoms. The van der Waals surface area contributed by atoms with E-state index in [1.807, 2.05) is 13.0 Å². The lowest BCUT2D eigenvalue weighted by Crippen LogP contribution is -1.97. The number of aromatic nitrogens is 1. The van der Waals surface area contributed by atoms with Crippen LogP contribution in [-0.2, 0) is 6.54 Å². The predicted octanol–water partition coefficient (Wildman–Crippen LogP) is 3.42. The second-order valence-electron chi connectivity index (χ2n) is 2.94. The van der Waals surface area contributed by atoms with E-state index in [1.54, 1.807) is 11.3 Å². The summed E-state index contributed by atoms with van der Waals surface area (Å²) in [6.07, 6.45) is 0. The molecule has 2 aromatic heterocycles. The Hall–Kier alpha value is -0.810. The van der Waals surface area contributed by atoms with E-state index in [-0.39, 0.29) is 0 Å². The summed E-state index contributed by atoms with van der Waals surface area (Å²) < 4.78 is 6.08. The molecule has 14 heavy (non-hydrogen) atoms. The van der Waals surface area contributed by atoms with Crippen LogP contribution in [0.4, 0.5) is 5.82 Å². The zero-order valence-corrected chi connectivity index (χ0v) is 9.98. The molecule has 0 aliphatic carbocycles. The van der Waals surface area contributed by atoms with Crippen LogP contribution in [0.25, 0.3) is 0 Å². The molecule has 2 rings (SSSR count). The topological polar surface area (TPSA) is 38.1 Å². The van der Waals surface area contributed by atoms with Crippen molar-refractivity contribution in [3.05, 3.63) is 32.6 Å². The van der Waals surface area contributed by atoms with Crippen molar-refractivity contribution in [2.45, 2.75) is 13.5 Å². The van der Waals surface area contributed by atoms with Crippen LogP contribution in [0, 0.1) is 6.92 Å². The molecule has 0 amide bonds. The third-order valence-electron chi connectivity index (χ3n) is 1.72. The molecule has 2 heterocycles. The summed E-state index contributed by atoms with van der Waals surface area (Å²) in [5, 5.41) is 9.12. The number of hydrogen-bond donors (Lipinski definition) is 1. The first-order valence-corrected chi connectivity index (χ1v) is 5.81. The molecule has 0 saturated carbocycles. The van der Waals surface area contributed by atoms with E-state index in [0.29, 0.717) is 0 Å². The van der Waals surface area contributed by atoms with Gasteiger partial charge in [0.05, 0.1) is 3.79 Å². The lowest BCUT2D eigenvalue weighted by atomic mass is 10.3. The number of halogens is 1. The number of anilines is 1. The molecule has 0 fully saturated rings. The number of aryl methyl sites for hydroxylation is 1. The van der Waals surface area contributed by atoms with Crippen molar-refractivity contribution in [2.24, 2.45) is 0 Å².